The summed E-state index contributed by atoms with van der Waals surface area (Å²) in [4.78, 5) is 9.77. The van der Waals surface area contributed by atoms with Crippen molar-refractivity contribution >= 4 is 22.4 Å². The van der Waals surface area contributed by atoms with E-state index in [-0.39, 0.29) is 5.41 Å². The monoisotopic (exact) mass is 415 g/mol. The summed E-state index contributed by atoms with van der Waals surface area (Å²) in [7, 11) is 1.66. The minimum Gasteiger partial charge on any atom is -0.399 e. The normalized spacial score (nSPS) is 38.3. The lowest BCUT2D eigenvalue weighted by Crippen LogP contribution is -2.50. The Morgan fingerprint density at radius 1 is 1.06 bits per heavy atom. The van der Waals surface area contributed by atoms with Gasteiger partial charge in [-0.3, -0.25) is 0 Å². The van der Waals surface area contributed by atoms with Crippen molar-refractivity contribution in [3.05, 3.63) is 48.3 Å². The lowest BCUT2D eigenvalue weighted by atomic mass is 9.47. The Labute approximate surface area is 185 Å². The highest BCUT2D eigenvalue weighted by atomic mass is 16.6. The van der Waals surface area contributed by atoms with Crippen LogP contribution >= 0.6 is 0 Å². The van der Waals surface area contributed by atoms with Crippen molar-refractivity contribution in [1.29, 1.82) is 0 Å². The number of oxime groups is 1. The van der Waals surface area contributed by atoms with Crippen molar-refractivity contribution in [3.63, 3.8) is 0 Å². The van der Waals surface area contributed by atoms with Crippen LogP contribution in [0.1, 0.15) is 58.8 Å². The first-order chi connectivity index (χ1) is 15.0. The molecular weight excluding hydrogens is 382 g/mol. The Bertz CT molecular complexity index is 1120. The molecule has 5 atom stereocenters. The molecule has 0 spiro atoms. The van der Waals surface area contributed by atoms with E-state index in [0.29, 0.717) is 5.41 Å². The topological polar surface area (TPSA) is 39.4 Å². The highest BCUT2D eigenvalue weighted by molar-refractivity contribution is 5.96. The molecule has 6 rings (SSSR count). The van der Waals surface area contributed by atoms with Gasteiger partial charge in [-0.1, -0.05) is 42.8 Å². The first-order valence-corrected chi connectivity index (χ1v) is 12.0. The SMILES string of the molecule is CO/N=C1/C=C2CC[C@@H]3[C@H](CC[C@]4(C)C(n5cnc6ccccc65)=CC[C@@H]34)[C@@]2(C)CC1. The molecule has 162 valence electrons. The fourth-order valence-corrected chi connectivity index (χ4v) is 7.83. The predicted molar refractivity (Wildman–Crippen MR) is 126 cm³/mol. The highest BCUT2D eigenvalue weighted by Crippen LogP contribution is 2.66. The van der Waals surface area contributed by atoms with Crippen LogP contribution < -0.4 is 0 Å². The number of rotatable bonds is 2. The minimum absolute atomic E-state index is 0.250. The maximum absolute atomic E-state index is 5.08. The third-order valence-electron chi connectivity index (χ3n) is 9.44. The van der Waals surface area contributed by atoms with Crippen LogP contribution in [0.4, 0.5) is 0 Å². The quantitative estimate of drug-likeness (QED) is 0.529. The van der Waals surface area contributed by atoms with Gasteiger partial charge < -0.3 is 9.40 Å². The fraction of sp³-hybridized carbons (Fsp3) is 0.556. The maximum atomic E-state index is 5.08. The fourth-order valence-electron chi connectivity index (χ4n) is 7.83. The average Bonchev–Trinajstić information content (AvgIpc) is 3.34. The molecule has 2 saturated carbocycles. The van der Waals surface area contributed by atoms with E-state index in [1.807, 2.05) is 0 Å². The van der Waals surface area contributed by atoms with Crippen molar-refractivity contribution in [2.45, 2.75) is 58.8 Å². The van der Waals surface area contributed by atoms with Gasteiger partial charge in [-0.2, -0.15) is 0 Å². The molecule has 2 fully saturated rings. The van der Waals surface area contributed by atoms with Crippen molar-refractivity contribution < 1.29 is 4.84 Å². The molecule has 31 heavy (non-hydrogen) atoms. The molecule has 0 unspecified atom stereocenters. The van der Waals surface area contributed by atoms with Gasteiger partial charge in [-0.05, 0) is 86.3 Å². The van der Waals surface area contributed by atoms with Gasteiger partial charge in [-0.25, -0.2) is 4.98 Å². The maximum Gasteiger partial charge on any atom is 0.106 e. The Balaban J connectivity index is 1.33. The van der Waals surface area contributed by atoms with E-state index in [4.69, 9.17) is 9.82 Å². The number of para-hydroxylation sites is 2. The summed E-state index contributed by atoms with van der Waals surface area (Å²) in [5.41, 5.74) is 7.18. The van der Waals surface area contributed by atoms with Gasteiger partial charge >= 0.3 is 0 Å². The molecule has 2 aromatic rings. The molecular formula is C27H33N3O. The number of benzene rings is 1. The van der Waals surface area contributed by atoms with Crippen LogP contribution in [0.3, 0.4) is 0 Å². The molecule has 0 bridgehead atoms. The number of hydrogen-bond acceptors (Lipinski definition) is 3. The second-order valence-corrected chi connectivity index (χ2v) is 10.7. The third-order valence-corrected chi connectivity index (χ3v) is 9.44. The van der Waals surface area contributed by atoms with Gasteiger partial charge in [0.1, 0.15) is 13.4 Å². The number of nitrogens with zero attached hydrogens (tertiary/aromatic N) is 3. The van der Waals surface area contributed by atoms with Crippen LogP contribution in [0.5, 0.6) is 0 Å². The molecule has 1 aromatic heterocycles. The molecule has 0 N–H and O–H groups in total. The molecule has 1 aromatic carbocycles. The van der Waals surface area contributed by atoms with E-state index >= 15 is 0 Å². The predicted octanol–water partition coefficient (Wildman–Crippen LogP) is 6.45. The molecule has 0 amide bonds. The molecule has 0 radical (unpaired) electrons. The summed E-state index contributed by atoms with van der Waals surface area (Å²) >= 11 is 0. The zero-order valence-electron chi connectivity index (χ0n) is 19.0. The van der Waals surface area contributed by atoms with Gasteiger partial charge in [0.2, 0.25) is 0 Å². The van der Waals surface area contributed by atoms with E-state index in [0.717, 1.165) is 35.4 Å². The lowest BCUT2D eigenvalue weighted by Gasteiger charge is -2.58. The summed E-state index contributed by atoms with van der Waals surface area (Å²) in [5, 5.41) is 4.26. The summed E-state index contributed by atoms with van der Waals surface area (Å²) in [6, 6.07) is 8.55. The first kappa shape index (κ1) is 19.3. The molecule has 1 heterocycles. The minimum atomic E-state index is 0.250. The molecule has 0 aliphatic heterocycles. The number of allylic oxidation sites excluding steroid dienone is 4. The van der Waals surface area contributed by atoms with Crippen LogP contribution in [0.25, 0.3) is 16.7 Å². The van der Waals surface area contributed by atoms with Gasteiger partial charge in [0.05, 0.1) is 16.7 Å². The highest BCUT2D eigenvalue weighted by Gasteiger charge is 2.57. The van der Waals surface area contributed by atoms with Gasteiger partial charge in [0.25, 0.3) is 0 Å². The zero-order chi connectivity index (χ0) is 21.2. The third kappa shape index (κ3) is 2.66. The van der Waals surface area contributed by atoms with Crippen molar-refractivity contribution in [1.82, 2.24) is 9.55 Å². The van der Waals surface area contributed by atoms with Gasteiger partial charge in [0.15, 0.2) is 0 Å². The second kappa shape index (κ2) is 6.82. The Morgan fingerprint density at radius 3 is 2.81 bits per heavy atom. The Kier molecular flexibility index (Phi) is 4.25. The summed E-state index contributed by atoms with van der Waals surface area (Å²) in [6.45, 7) is 5.09. The van der Waals surface area contributed by atoms with E-state index in [1.165, 1.54) is 49.7 Å². The largest absolute Gasteiger partial charge is 0.399 e. The molecule has 4 aliphatic rings. The van der Waals surface area contributed by atoms with Crippen LogP contribution in [-0.4, -0.2) is 22.4 Å². The van der Waals surface area contributed by atoms with Crippen LogP contribution in [0.2, 0.25) is 0 Å². The zero-order valence-corrected chi connectivity index (χ0v) is 19.0. The number of imidazole rings is 1. The molecule has 4 heteroatoms. The first-order valence-electron chi connectivity index (χ1n) is 12.0. The number of fused-ring (bicyclic) bond motifs is 6. The van der Waals surface area contributed by atoms with Crippen molar-refractivity contribution in [3.8, 4) is 0 Å². The summed E-state index contributed by atoms with van der Waals surface area (Å²) < 4.78 is 2.39. The van der Waals surface area contributed by atoms with Gasteiger partial charge in [-0.15, -0.1) is 0 Å². The van der Waals surface area contributed by atoms with E-state index in [9.17, 15) is 0 Å². The van der Waals surface area contributed by atoms with Gasteiger partial charge in [0, 0.05) is 11.1 Å². The van der Waals surface area contributed by atoms with E-state index < -0.39 is 0 Å². The number of hydrogen-bond donors (Lipinski definition) is 0. The molecule has 4 nitrogen and oxygen atoms in total. The molecule has 4 aliphatic carbocycles. The lowest BCUT2D eigenvalue weighted by molar-refractivity contribution is -0.0204. The standard InChI is InChI=1S/C27H33N3O/c1-26-14-12-19(29-31-3)16-18(26)8-9-20-21-10-11-25(27(21,2)15-13-22(20)26)30-17-28-23-6-4-5-7-24(23)30/h4-7,11,16-17,20-22H,8-10,12-15H2,1-3H3/b29-19+/t20-,21-,22-,26-,27-/m0/s1. The summed E-state index contributed by atoms with van der Waals surface area (Å²) in [5.74, 6) is 2.35. The smallest absolute Gasteiger partial charge is 0.106 e. The Hall–Kier alpha value is -2.36. The number of aromatic nitrogens is 2. The average molecular weight is 416 g/mol. The Morgan fingerprint density at radius 2 is 1.94 bits per heavy atom. The second-order valence-electron chi connectivity index (χ2n) is 10.7. The van der Waals surface area contributed by atoms with Crippen LogP contribution in [0, 0.1) is 28.6 Å². The molecule has 0 saturated heterocycles. The van der Waals surface area contributed by atoms with Crippen LogP contribution in [-0.2, 0) is 4.84 Å². The van der Waals surface area contributed by atoms with Crippen LogP contribution in [0.15, 0.2) is 53.5 Å². The summed E-state index contributed by atoms with van der Waals surface area (Å²) in [6.07, 6.45) is 15.6. The van der Waals surface area contributed by atoms with Crippen molar-refractivity contribution in [2.75, 3.05) is 7.11 Å². The van der Waals surface area contributed by atoms with E-state index in [1.54, 1.807) is 12.7 Å². The van der Waals surface area contributed by atoms with Crippen molar-refractivity contribution in [2.24, 2.45) is 33.7 Å². The van der Waals surface area contributed by atoms with E-state index in [2.05, 4.69) is 66.3 Å².